The van der Waals surface area contributed by atoms with Gasteiger partial charge in [0, 0.05) is 17.2 Å². The summed E-state index contributed by atoms with van der Waals surface area (Å²) in [5, 5.41) is 9.13. The summed E-state index contributed by atoms with van der Waals surface area (Å²) in [5.41, 5.74) is -0.370. The number of aromatic amines is 1. The first kappa shape index (κ1) is 21.1. The average Bonchev–Trinajstić information content (AvgIpc) is 2.56. The van der Waals surface area contributed by atoms with E-state index in [1.54, 1.807) is 33.8 Å². The van der Waals surface area contributed by atoms with E-state index >= 15 is 0 Å². The van der Waals surface area contributed by atoms with Gasteiger partial charge in [0.15, 0.2) is 0 Å². The van der Waals surface area contributed by atoms with Crippen molar-refractivity contribution in [2.24, 2.45) is 0 Å². The second-order valence-corrected chi connectivity index (χ2v) is 6.45. The number of carbonyl (C=O) groups is 1. The maximum atomic E-state index is 13.3. The van der Waals surface area contributed by atoms with Crippen molar-refractivity contribution in [1.82, 2.24) is 9.55 Å². The highest BCUT2D eigenvalue weighted by molar-refractivity contribution is 6.10. The zero-order chi connectivity index (χ0) is 20.0. The predicted molar refractivity (Wildman–Crippen MR) is 102 cm³/mol. The molecule has 1 aromatic heterocycles. The minimum Gasteiger partial charge on any atom is -0.287 e. The summed E-state index contributed by atoms with van der Waals surface area (Å²) in [6.07, 6.45) is 5.01. The van der Waals surface area contributed by atoms with E-state index in [1.165, 1.54) is 16.7 Å². The summed E-state index contributed by atoms with van der Waals surface area (Å²) in [4.78, 5) is 40.3. The summed E-state index contributed by atoms with van der Waals surface area (Å²) in [6, 6.07) is 1.64. The lowest BCUT2D eigenvalue weighted by Gasteiger charge is -2.20. The van der Waals surface area contributed by atoms with Crippen molar-refractivity contribution in [3.8, 4) is 6.07 Å². The Labute approximate surface area is 153 Å². The highest BCUT2D eigenvalue weighted by atomic mass is 16.2. The topological polar surface area (TPSA) is 95.7 Å². The van der Waals surface area contributed by atoms with Crippen LogP contribution in [0.25, 0.3) is 0 Å². The van der Waals surface area contributed by atoms with Crippen LogP contribution in [0.5, 0.6) is 0 Å². The Hall–Kier alpha value is -2.94. The number of hydrogen-bond acceptors (Lipinski definition) is 4. The lowest BCUT2D eigenvalue weighted by Crippen LogP contribution is -2.38. The molecule has 0 saturated carbocycles. The van der Waals surface area contributed by atoms with Crippen LogP contribution in [-0.4, -0.2) is 15.3 Å². The number of nitrogens with one attached hydrogen (secondary N) is 1. The largest absolute Gasteiger partial charge is 0.329 e. The van der Waals surface area contributed by atoms with E-state index in [1.807, 2.05) is 13.0 Å². The second-order valence-electron chi connectivity index (χ2n) is 6.45. The number of aromatic nitrogens is 2. The van der Waals surface area contributed by atoms with Crippen molar-refractivity contribution < 1.29 is 4.79 Å². The molecule has 0 aromatic carbocycles. The van der Waals surface area contributed by atoms with E-state index < -0.39 is 17.0 Å². The number of hydrogen-bond donors (Lipinski definition) is 1. The van der Waals surface area contributed by atoms with Crippen molar-refractivity contribution in [3.63, 3.8) is 0 Å². The molecule has 6 nitrogen and oxygen atoms in total. The smallest absolute Gasteiger partial charge is 0.287 e. The molecule has 26 heavy (non-hydrogen) atoms. The van der Waals surface area contributed by atoms with Crippen LogP contribution in [0.3, 0.4) is 0 Å². The Bertz CT molecular complexity index is 879. The second kappa shape index (κ2) is 8.95. The molecule has 0 spiro atoms. The quantitative estimate of drug-likeness (QED) is 0.351. The van der Waals surface area contributed by atoms with E-state index in [0.717, 1.165) is 0 Å². The molecular formula is C20H25N3O3. The number of nitrogens with zero attached hydrogens (tertiary/aromatic N) is 2. The Kier molecular flexibility index (Phi) is 7.27. The molecule has 6 heteroatoms. The van der Waals surface area contributed by atoms with Gasteiger partial charge < -0.3 is 0 Å². The van der Waals surface area contributed by atoms with Crippen LogP contribution in [0, 0.1) is 11.3 Å². The van der Waals surface area contributed by atoms with Gasteiger partial charge in [-0.05, 0) is 32.3 Å². The normalized spacial score (nSPS) is 12.4. The van der Waals surface area contributed by atoms with Crippen LogP contribution in [0.15, 0.2) is 45.5 Å². The van der Waals surface area contributed by atoms with E-state index in [9.17, 15) is 14.4 Å². The van der Waals surface area contributed by atoms with E-state index in [2.05, 4.69) is 11.6 Å². The molecule has 1 aromatic rings. The molecule has 0 aliphatic carbocycles. The number of Topliss-reactive ketones (excluding diaryl/α,β-unsaturated/α-hetero) is 1. The monoisotopic (exact) mass is 355 g/mol. The van der Waals surface area contributed by atoms with Gasteiger partial charge in [0.25, 0.3) is 5.56 Å². The van der Waals surface area contributed by atoms with Gasteiger partial charge in [-0.2, -0.15) is 5.26 Å². The van der Waals surface area contributed by atoms with E-state index in [0.29, 0.717) is 6.42 Å². The lowest BCUT2D eigenvalue weighted by molar-refractivity contribution is 0.102. The van der Waals surface area contributed by atoms with Gasteiger partial charge in [0.05, 0.1) is 11.6 Å². The summed E-state index contributed by atoms with van der Waals surface area (Å²) in [7, 11) is 0. The van der Waals surface area contributed by atoms with Crippen LogP contribution in [0.1, 0.15) is 69.1 Å². The molecule has 138 valence electrons. The molecule has 1 rings (SSSR count). The molecule has 0 amide bonds. The molecule has 0 fully saturated rings. The standard InChI is InChI=1S/C20H25N3O3/c1-7-9-15(10-14(8-2)11-21)18(24)17-16(12(3)4)19(25)22-20(26)23(17)13(5)6/h8-10,12-13H,2,7H2,1,3-6H3,(H,22,25,26)/b14-10+,15-9+. The maximum absolute atomic E-state index is 13.3. The van der Waals surface area contributed by atoms with Crippen LogP contribution < -0.4 is 11.2 Å². The van der Waals surface area contributed by atoms with E-state index in [4.69, 9.17) is 5.26 Å². The highest BCUT2D eigenvalue weighted by Gasteiger charge is 2.26. The number of rotatable bonds is 7. The van der Waals surface area contributed by atoms with Gasteiger partial charge in [-0.3, -0.25) is 19.1 Å². The van der Waals surface area contributed by atoms with Crippen molar-refractivity contribution in [1.29, 1.82) is 5.26 Å². The van der Waals surface area contributed by atoms with Gasteiger partial charge in [-0.25, -0.2) is 4.79 Å². The number of nitriles is 1. The molecular weight excluding hydrogens is 330 g/mol. The molecule has 0 aliphatic rings. The first-order valence-electron chi connectivity index (χ1n) is 8.57. The van der Waals surface area contributed by atoms with Crippen molar-refractivity contribution in [2.75, 3.05) is 0 Å². The lowest BCUT2D eigenvalue weighted by atomic mass is 9.95. The number of carbonyl (C=O) groups excluding carboxylic acids is 1. The molecule has 0 atom stereocenters. The minimum absolute atomic E-state index is 0.0704. The molecule has 0 bridgehead atoms. The summed E-state index contributed by atoms with van der Waals surface area (Å²) >= 11 is 0. The highest BCUT2D eigenvalue weighted by Crippen LogP contribution is 2.21. The summed E-state index contributed by atoms with van der Waals surface area (Å²) in [5.74, 6) is -0.716. The summed E-state index contributed by atoms with van der Waals surface area (Å²) in [6.45, 7) is 12.5. The minimum atomic E-state index is -0.623. The van der Waals surface area contributed by atoms with Crippen molar-refractivity contribution >= 4 is 5.78 Å². The number of H-pyrrole nitrogens is 1. The predicted octanol–water partition coefficient (Wildman–Crippen LogP) is 3.40. The maximum Gasteiger partial charge on any atom is 0.329 e. The molecule has 0 radical (unpaired) electrons. The first-order valence-corrected chi connectivity index (χ1v) is 8.57. The average molecular weight is 355 g/mol. The Balaban J connectivity index is 3.90. The zero-order valence-electron chi connectivity index (χ0n) is 15.9. The van der Waals surface area contributed by atoms with Crippen molar-refractivity contribution in [2.45, 2.75) is 53.0 Å². The third-order valence-corrected chi connectivity index (χ3v) is 3.83. The Morgan fingerprint density at radius 3 is 2.35 bits per heavy atom. The molecule has 0 aliphatic heterocycles. The Morgan fingerprint density at radius 1 is 1.31 bits per heavy atom. The van der Waals surface area contributed by atoms with Crippen LogP contribution in [0.4, 0.5) is 0 Å². The molecule has 0 saturated heterocycles. The fourth-order valence-corrected chi connectivity index (χ4v) is 2.70. The van der Waals surface area contributed by atoms with Gasteiger partial charge in [-0.1, -0.05) is 39.5 Å². The zero-order valence-corrected chi connectivity index (χ0v) is 15.9. The third-order valence-electron chi connectivity index (χ3n) is 3.83. The molecule has 1 N–H and O–H groups in total. The Morgan fingerprint density at radius 2 is 1.92 bits per heavy atom. The van der Waals surface area contributed by atoms with E-state index in [-0.39, 0.29) is 34.4 Å². The summed E-state index contributed by atoms with van der Waals surface area (Å²) < 4.78 is 1.30. The van der Waals surface area contributed by atoms with Crippen LogP contribution >= 0.6 is 0 Å². The van der Waals surface area contributed by atoms with Gasteiger partial charge >= 0.3 is 5.69 Å². The number of allylic oxidation sites excluding steroid dienone is 5. The fraction of sp³-hybridized carbons (Fsp3) is 0.400. The fourth-order valence-electron chi connectivity index (χ4n) is 2.70. The number of ketones is 1. The third kappa shape index (κ3) is 4.37. The van der Waals surface area contributed by atoms with Gasteiger partial charge in [0.1, 0.15) is 5.69 Å². The van der Waals surface area contributed by atoms with Crippen LogP contribution in [0.2, 0.25) is 0 Å². The van der Waals surface area contributed by atoms with Gasteiger partial charge in [0.2, 0.25) is 5.78 Å². The van der Waals surface area contributed by atoms with Gasteiger partial charge in [-0.15, -0.1) is 0 Å². The first-order chi connectivity index (χ1) is 12.2. The van der Waals surface area contributed by atoms with Crippen molar-refractivity contribution in [3.05, 3.63) is 68.0 Å². The molecule has 0 unspecified atom stereocenters. The SMILES string of the molecule is C=C/C(C#N)=C\C(=C/CC)C(=O)c1c(C(C)C)c(=O)[nH]c(=O)n1C(C)C. The molecule has 1 heterocycles. The van der Waals surface area contributed by atoms with Crippen LogP contribution in [-0.2, 0) is 0 Å².